The highest BCUT2D eigenvalue weighted by Crippen LogP contribution is 2.56. The number of benzene rings is 2. The largest absolute Gasteiger partial charge is 0.493 e. The highest BCUT2D eigenvalue weighted by Gasteiger charge is 2.57. The fraction of sp³-hybridized carbons (Fsp3) is 0.483. The lowest BCUT2D eigenvalue weighted by atomic mass is 9.95. The van der Waals surface area contributed by atoms with Crippen molar-refractivity contribution in [3.8, 4) is 11.5 Å². The number of hydrogen-bond acceptors (Lipinski definition) is 6. The Hall–Kier alpha value is -3.20. The Morgan fingerprint density at radius 3 is 2.50 bits per heavy atom. The van der Waals surface area contributed by atoms with Gasteiger partial charge in [-0.2, -0.15) is 0 Å². The van der Waals surface area contributed by atoms with Crippen molar-refractivity contribution < 1.29 is 23.9 Å². The van der Waals surface area contributed by atoms with Crippen LogP contribution in [0.3, 0.4) is 0 Å². The first-order chi connectivity index (χ1) is 18.1. The van der Waals surface area contributed by atoms with Gasteiger partial charge >= 0.3 is 0 Å². The molecule has 8 nitrogen and oxygen atoms in total. The maximum atomic E-state index is 13.7. The number of carbonyl (C=O) groups is 3. The first kappa shape index (κ1) is 27.8. The summed E-state index contributed by atoms with van der Waals surface area (Å²) in [7, 11) is 3.18. The predicted molar refractivity (Wildman–Crippen MR) is 148 cm³/mol. The van der Waals surface area contributed by atoms with Crippen molar-refractivity contribution in [2.75, 3.05) is 20.8 Å². The molecule has 9 heteroatoms. The highest BCUT2D eigenvalue weighted by molar-refractivity contribution is 8.01. The molecule has 0 radical (unpaired) electrons. The van der Waals surface area contributed by atoms with Crippen LogP contribution in [0.4, 0.5) is 0 Å². The topological polar surface area (TPSA) is 97.0 Å². The Morgan fingerprint density at radius 2 is 1.82 bits per heavy atom. The third-order valence-electron chi connectivity index (χ3n) is 7.50. The molecule has 2 N–H and O–H groups in total. The Morgan fingerprint density at radius 1 is 1.11 bits per heavy atom. The number of methoxy groups -OCH3 is 2. The van der Waals surface area contributed by atoms with Gasteiger partial charge in [0.05, 0.1) is 14.2 Å². The highest BCUT2D eigenvalue weighted by atomic mass is 32.2. The molecule has 1 saturated heterocycles. The third-order valence-corrected chi connectivity index (χ3v) is 9.03. The van der Waals surface area contributed by atoms with Crippen molar-refractivity contribution in [3.05, 3.63) is 59.2 Å². The van der Waals surface area contributed by atoms with Crippen molar-refractivity contribution in [2.24, 2.45) is 5.92 Å². The summed E-state index contributed by atoms with van der Waals surface area (Å²) in [5.41, 5.74) is 2.58. The minimum Gasteiger partial charge on any atom is -0.493 e. The fourth-order valence-corrected chi connectivity index (χ4v) is 6.80. The van der Waals surface area contributed by atoms with E-state index in [-0.39, 0.29) is 29.0 Å². The summed E-state index contributed by atoms with van der Waals surface area (Å²) in [6.07, 6.45) is 1.31. The van der Waals surface area contributed by atoms with Crippen molar-refractivity contribution in [2.45, 2.75) is 62.7 Å². The van der Waals surface area contributed by atoms with Gasteiger partial charge in [-0.05, 0) is 55.5 Å². The van der Waals surface area contributed by atoms with Gasteiger partial charge in [-0.15, -0.1) is 11.8 Å². The van der Waals surface area contributed by atoms with E-state index in [0.717, 1.165) is 11.1 Å². The van der Waals surface area contributed by atoms with Gasteiger partial charge in [0.1, 0.15) is 17.5 Å². The van der Waals surface area contributed by atoms with Crippen LogP contribution >= 0.6 is 11.8 Å². The second-order valence-electron chi connectivity index (χ2n) is 10.4. The fourth-order valence-electron chi connectivity index (χ4n) is 5.21. The molecule has 0 spiro atoms. The van der Waals surface area contributed by atoms with Gasteiger partial charge in [-0.25, -0.2) is 0 Å². The van der Waals surface area contributed by atoms with Gasteiger partial charge < -0.3 is 25.0 Å². The van der Waals surface area contributed by atoms with Crippen LogP contribution in [-0.4, -0.2) is 60.2 Å². The van der Waals surface area contributed by atoms with Crippen LogP contribution in [-0.2, 0) is 16.0 Å². The molecule has 2 heterocycles. The molecule has 1 fully saturated rings. The molecule has 38 heavy (non-hydrogen) atoms. The van der Waals surface area contributed by atoms with Crippen molar-refractivity contribution in [3.63, 3.8) is 0 Å². The lowest BCUT2D eigenvalue weighted by molar-refractivity contribution is -0.132. The second-order valence-corrected chi connectivity index (χ2v) is 12.1. The molecule has 0 bridgehead atoms. The molecule has 2 aromatic rings. The predicted octanol–water partition coefficient (Wildman–Crippen LogP) is 3.94. The Labute approximate surface area is 228 Å². The number of thioether (sulfide) groups is 1. The number of amides is 3. The second kappa shape index (κ2) is 11.3. The summed E-state index contributed by atoms with van der Waals surface area (Å²) in [4.78, 5) is 42.0. The van der Waals surface area contributed by atoms with E-state index in [0.29, 0.717) is 36.4 Å². The molecule has 0 aliphatic carbocycles. The van der Waals surface area contributed by atoms with Gasteiger partial charge in [0.15, 0.2) is 11.5 Å². The lowest BCUT2D eigenvalue weighted by Gasteiger charge is -2.32. The van der Waals surface area contributed by atoms with Gasteiger partial charge in [-0.3, -0.25) is 14.4 Å². The summed E-state index contributed by atoms with van der Waals surface area (Å²) in [6.45, 7) is 8.32. The summed E-state index contributed by atoms with van der Waals surface area (Å²) < 4.78 is 10.1. The molecule has 3 amide bonds. The van der Waals surface area contributed by atoms with Gasteiger partial charge in [0.2, 0.25) is 11.8 Å². The maximum Gasteiger partial charge on any atom is 0.256 e. The van der Waals surface area contributed by atoms with E-state index in [1.807, 2.05) is 70.2 Å². The number of fused-ring (bicyclic) bond motifs is 3. The standard InChI is InChI=1S/C29H37N3O5S/c1-7-17(2)23(25(33)30-15-14-18-12-13-21(36-5)22(16-18)37-6)31-26(34)24-29(3,4)38-28-20-11-9-8-10-19(20)27(35)32(24)28/h8-13,16-17,23-24,28H,7,14-15H2,1-6H3,(H,30,33)(H,31,34)/t17-,23+,24+,28-/m1/s1. The maximum absolute atomic E-state index is 13.7. The zero-order chi connectivity index (χ0) is 27.6. The van der Waals surface area contributed by atoms with Crippen LogP contribution in [0.2, 0.25) is 0 Å². The SMILES string of the molecule is CC[C@@H](C)[C@H](NC(=O)[C@@H]1N2C(=O)c3ccccc3[C@H]2SC1(C)C)C(=O)NCCc1ccc(OC)c(OC)c1. The molecule has 0 saturated carbocycles. The van der Waals surface area contributed by atoms with Crippen molar-refractivity contribution in [1.82, 2.24) is 15.5 Å². The number of carbonyl (C=O) groups excluding carboxylic acids is 3. The number of hydrogen-bond donors (Lipinski definition) is 2. The molecule has 4 atom stereocenters. The number of ether oxygens (including phenoxy) is 2. The molecule has 204 valence electrons. The average Bonchev–Trinajstić information content (AvgIpc) is 3.34. The first-order valence-electron chi connectivity index (χ1n) is 13.0. The summed E-state index contributed by atoms with van der Waals surface area (Å²) in [5.74, 6) is 0.531. The van der Waals surface area contributed by atoms with E-state index in [2.05, 4.69) is 10.6 Å². The summed E-state index contributed by atoms with van der Waals surface area (Å²) >= 11 is 1.61. The van der Waals surface area contributed by atoms with E-state index < -0.39 is 16.8 Å². The number of nitrogens with zero attached hydrogens (tertiary/aromatic N) is 1. The molecular formula is C29H37N3O5S. The van der Waals surface area contributed by atoms with Crippen molar-refractivity contribution in [1.29, 1.82) is 0 Å². The number of nitrogens with one attached hydrogen (secondary N) is 2. The minimum atomic E-state index is -0.710. The third kappa shape index (κ3) is 5.21. The molecule has 0 aromatic heterocycles. The van der Waals surface area contributed by atoms with Crippen molar-refractivity contribution >= 4 is 29.5 Å². The minimum absolute atomic E-state index is 0.0838. The van der Waals surface area contributed by atoms with Crippen LogP contribution in [0.5, 0.6) is 11.5 Å². The van der Waals surface area contributed by atoms with Gasteiger partial charge in [0.25, 0.3) is 5.91 Å². The van der Waals surface area contributed by atoms with E-state index in [9.17, 15) is 14.4 Å². The summed E-state index contributed by atoms with van der Waals surface area (Å²) in [6, 6.07) is 11.8. The smallest absolute Gasteiger partial charge is 0.256 e. The van der Waals surface area contributed by atoms with Crippen LogP contribution in [0.25, 0.3) is 0 Å². The van der Waals surface area contributed by atoms with Crippen LogP contribution in [0.15, 0.2) is 42.5 Å². The van der Waals surface area contributed by atoms with E-state index in [1.165, 1.54) is 0 Å². The molecule has 0 unspecified atom stereocenters. The normalized spacial score (nSPS) is 20.8. The molecule has 2 aliphatic rings. The van der Waals surface area contributed by atoms with Gasteiger partial charge in [-0.1, -0.05) is 44.5 Å². The Bertz CT molecular complexity index is 1220. The average molecular weight is 540 g/mol. The Kier molecular flexibility index (Phi) is 8.25. The van der Waals surface area contributed by atoms with E-state index in [4.69, 9.17) is 9.47 Å². The molecule has 2 aromatic carbocycles. The molecule has 4 rings (SSSR count). The summed E-state index contributed by atoms with van der Waals surface area (Å²) in [5, 5.41) is 5.79. The van der Waals surface area contributed by atoms with E-state index >= 15 is 0 Å². The molecular weight excluding hydrogens is 502 g/mol. The zero-order valence-electron chi connectivity index (χ0n) is 22.9. The zero-order valence-corrected chi connectivity index (χ0v) is 23.7. The lowest BCUT2D eigenvalue weighted by Crippen LogP contribution is -2.58. The van der Waals surface area contributed by atoms with Crippen LogP contribution < -0.4 is 20.1 Å². The van der Waals surface area contributed by atoms with Crippen LogP contribution in [0, 0.1) is 5.92 Å². The monoisotopic (exact) mass is 539 g/mol. The molecule has 2 aliphatic heterocycles. The Balaban J connectivity index is 1.45. The van der Waals surface area contributed by atoms with E-state index in [1.54, 1.807) is 30.9 Å². The quantitative estimate of drug-likeness (QED) is 0.475. The van der Waals surface area contributed by atoms with Crippen LogP contribution in [0.1, 0.15) is 61.0 Å². The number of rotatable bonds is 10. The van der Waals surface area contributed by atoms with Gasteiger partial charge in [0, 0.05) is 16.9 Å². The first-order valence-corrected chi connectivity index (χ1v) is 13.9.